The number of nitrogens with zero attached hydrogens (tertiary/aromatic N) is 1. The lowest BCUT2D eigenvalue weighted by Gasteiger charge is -1.97. The van der Waals surface area contributed by atoms with E-state index in [1.165, 1.54) is 0 Å². The summed E-state index contributed by atoms with van der Waals surface area (Å²) in [6.45, 7) is 5.95. The molecule has 0 spiro atoms. The molecule has 0 aromatic carbocycles. The summed E-state index contributed by atoms with van der Waals surface area (Å²) < 4.78 is 0. The molecule has 14 heavy (non-hydrogen) atoms. The van der Waals surface area contributed by atoms with E-state index in [9.17, 15) is 4.79 Å². The number of aliphatic carboxylic acids is 1. The molecule has 4 heteroatoms. The van der Waals surface area contributed by atoms with E-state index in [1.807, 2.05) is 27.0 Å². The van der Waals surface area contributed by atoms with Crippen molar-refractivity contribution in [1.29, 1.82) is 0 Å². The quantitative estimate of drug-likeness (QED) is 0.816. The number of aromatic nitrogens is 1. The Bertz CT molecular complexity index is 383. The van der Waals surface area contributed by atoms with Crippen molar-refractivity contribution in [2.45, 2.75) is 26.7 Å². The topological polar surface area (TPSA) is 50.2 Å². The fourth-order valence-electron chi connectivity index (χ4n) is 2.15. The molecular formula is C10H13NO2S. The second-order valence-electron chi connectivity index (χ2n) is 4.40. The molecule has 1 aliphatic rings. The average molecular weight is 211 g/mol. The first-order valence-corrected chi connectivity index (χ1v) is 5.41. The van der Waals surface area contributed by atoms with Crippen molar-refractivity contribution >= 4 is 17.3 Å². The van der Waals surface area contributed by atoms with Crippen LogP contribution < -0.4 is 0 Å². The lowest BCUT2D eigenvalue weighted by molar-refractivity contribution is -0.139. The van der Waals surface area contributed by atoms with Gasteiger partial charge in [-0.05, 0) is 12.3 Å². The third-order valence-corrected chi connectivity index (χ3v) is 4.03. The van der Waals surface area contributed by atoms with E-state index in [1.54, 1.807) is 11.3 Å². The van der Waals surface area contributed by atoms with Crippen molar-refractivity contribution in [2.75, 3.05) is 0 Å². The molecule has 2 rings (SSSR count). The molecule has 0 bridgehead atoms. The number of hydrogen-bond donors (Lipinski definition) is 1. The summed E-state index contributed by atoms with van der Waals surface area (Å²) in [7, 11) is 0. The number of carboxylic acid groups (broad SMARTS) is 1. The van der Waals surface area contributed by atoms with Gasteiger partial charge in [-0.3, -0.25) is 4.79 Å². The Balaban J connectivity index is 2.27. The van der Waals surface area contributed by atoms with Crippen LogP contribution in [0.3, 0.4) is 0 Å². The SMILES string of the molecule is Cc1ncc([C@@H]2[C@@H](C(=O)O)C2(C)C)s1. The van der Waals surface area contributed by atoms with Crippen molar-refractivity contribution in [3.8, 4) is 0 Å². The zero-order chi connectivity index (χ0) is 10.5. The first-order valence-electron chi connectivity index (χ1n) is 4.59. The van der Waals surface area contributed by atoms with Crippen molar-refractivity contribution in [3.05, 3.63) is 16.1 Å². The van der Waals surface area contributed by atoms with Gasteiger partial charge in [0.25, 0.3) is 0 Å². The van der Waals surface area contributed by atoms with Gasteiger partial charge in [0.15, 0.2) is 0 Å². The molecule has 1 saturated carbocycles. The predicted octanol–water partition coefficient (Wildman–Crippen LogP) is 2.28. The number of thiazole rings is 1. The average Bonchev–Trinajstić information content (AvgIpc) is 2.42. The van der Waals surface area contributed by atoms with E-state index in [0.717, 1.165) is 9.88 Å². The molecule has 0 unspecified atom stereocenters. The van der Waals surface area contributed by atoms with E-state index < -0.39 is 5.97 Å². The third kappa shape index (κ3) is 1.25. The highest BCUT2D eigenvalue weighted by Gasteiger charge is 2.63. The normalized spacial score (nSPS) is 28.8. The summed E-state index contributed by atoms with van der Waals surface area (Å²) in [6.07, 6.45) is 1.81. The van der Waals surface area contributed by atoms with Gasteiger partial charge in [-0.2, -0.15) is 0 Å². The Hall–Kier alpha value is -0.900. The molecule has 1 N–H and O–H groups in total. The van der Waals surface area contributed by atoms with Crippen LogP contribution in [0.4, 0.5) is 0 Å². The zero-order valence-electron chi connectivity index (χ0n) is 8.44. The number of aryl methyl sites for hydroxylation is 1. The van der Waals surface area contributed by atoms with Gasteiger partial charge in [0, 0.05) is 17.0 Å². The van der Waals surface area contributed by atoms with Crippen molar-refractivity contribution in [2.24, 2.45) is 11.3 Å². The maximum Gasteiger partial charge on any atom is 0.307 e. The van der Waals surface area contributed by atoms with Gasteiger partial charge in [0.1, 0.15) is 0 Å². The highest BCUT2D eigenvalue weighted by Crippen LogP contribution is 2.65. The molecule has 1 aromatic rings. The lowest BCUT2D eigenvalue weighted by Crippen LogP contribution is -2.02. The second kappa shape index (κ2) is 2.79. The summed E-state index contributed by atoms with van der Waals surface area (Å²) in [6, 6.07) is 0. The number of carbonyl (C=O) groups is 1. The molecule has 0 saturated heterocycles. The van der Waals surface area contributed by atoms with Crippen LogP contribution in [0.1, 0.15) is 29.7 Å². The van der Waals surface area contributed by atoms with Gasteiger partial charge in [-0.25, -0.2) is 4.98 Å². The Kier molecular flexibility index (Phi) is 1.93. The Morgan fingerprint density at radius 1 is 1.64 bits per heavy atom. The third-order valence-electron chi connectivity index (χ3n) is 3.04. The van der Waals surface area contributed by atoms with Crippen LogP contribution >= 0.6 is 11.3 Å². The van der Waals surface area contributed by atoms with Gasteiger partial charge in [-0.1, -0.05) is 13.8 Å². The van der Waals surface area contributed by atoms with Gasteiger partial charge in [0.05, 0.1) is 10.9 Å². The van der Waals surface area contributed by atoms with Crippen LogP contribution in [0.15, 0.2) is 6.20 Å². The number of hydrogen-bond acceptors (Lipinski definition) is 3. The highest BCUT2D eigenvalue weighted by atomic mass is 32.1. The molecule has 1 aromatic heterocycles. The Labute approximate surface area is 86.8 Å². The molecular weight excluding hydrogens is 198 g/mol. The summed E-state index contributed by atoms with van der Waals surface area (Å²) in [5, 5.41) is 10.0. The van der Waals surface area contributed by atoms with Crippen molar-refractivity contribution < 1.29 is 9.90 Å². The summed E-state index contributed by atoms with van der Waals surface area (Å²) in [5.41, 5.74) is -0.106. The lowest BCUT2D eigenvalue weighted by atomic mass is 10.1. The molecule has 2 atom stereocenters. The predicted molar refractivity (Wildman–Crippen MR) is 54.5 cm³/mol. The Morgan fingerprint density at radius 2 is 2.29 bits per heavy atom. The number of carboxylic acids is 1. The highest BCUT2D eigenvalue weighted by molar-refractivity contribution is 7.11. The Morgan fingerprint density at radius 3 is 2.64 bits per heavy atom. The second-order valence-corrected chi connectivity index (χ2v) is 5.66. The van der Waals surface area contributed by atoms with Gasteiger partial charge >= 0.3 is 5.97 Å². The smallest absolute Gasteiger partial charge is 0.307 e. The van der Waals surface area contributed by atoms with Crippen LogP contribution in [0.2, 0.25) is 0 Å². The van der Waals surface area contributed by atoms with Gasteiger partial charge in [-0.15, -0.1) is 11.3 Å². The van der Waals surface area contributed by atoms with E-state index >= 15 is 0 Å². The van der Waals surface area contributed by atoms with Gasteiger partial charge < -0.3 is 5.11 Å². The molecule has 1 heterocycles. The molecule has 1 fully saturated rings. The van der Waals surface area contributed by atoms with Crippen LogP contribution in [0.5, 0.6) is 0 Å². The van der Waals surface area contributed by atoms with Crippen LogP contribution in [-0.2, 0) is 4.79 Å². The molecule has 76 valence electrons. The minimum Gasteiger partial charge on any atom is -0.481 e. The van der Waals surface area contributed by atoms with Gasteiger partial charge in [0.2, 0.25) is 0 Å². The molecule has 1 aliphatic carbocycles. The van der Waals surface area contributed by atoms with Crippen LogP contribution in [-0.4, -0.2) is 16.1 Å². The molecule has 3 nitrogen and oxygen atoms in total. The maximum absolute atomic E-state index is 11.0. The minimum atomic E-state index is -0.689. The molecule has 0 radical (unpaired) electrons. The first-order chi connectivity index (χ1) is 6.44. The van der Waals surface area contributed by atoms with Crippen molar-refractivity contribution in [1.82, 2.24) is 4.98 Å². The standard InChI is InChI=1S/C10H13NO2S/c1-5-11-4-6(14-5)7-8(9(12)13)10(7,2)3/h4,7-8H,1-3H3,(H,12,13)/t7-,8+/m1/s1. The fraction of sp³-hybridized carbons (Fsp3) is 0.600. The van der Waals surface area contributed by atoms with Crippen LogP contribution in [0, 0.1) is 18.3 Å². The van der Waals surface area contributed by atoms with Crippen molar-refractivity contribution in [3.63, 3.8) is 0 Å². The monoisotopic (exact) mass is 211 g/mol. The first kappa shape index (κ1) is 9.65. The largest absolute Gasteiger partial charge is 0.481 e. The summed E-state index contributed by atoms with van der Waals surface area (Å²) in [4.78, 5) is 16.2. The minimum absolute atomic E-state index is 0.106. The summed E-state index contributed by atoms with van der Waals surface area (Å²) >= 11 is 1.61. The molecule has 0 amide bonds. The maximum atomic E-state index is 11.0. The van der Waals surface area contributed by atoms with E-state index in [0.29, 0.717) is 0 Å². The van der Waals surface area contributed by atoms with Crippen LogP contribution in [0.25, 0.3) is 0 Å². The number of rotatable bonds is 2. The summed E-state index contributed by atoms with van der Waals surface area (Å²) in [5.74, 6) is -0.764. The molecule has 0 aliphatic heterocycles. The van der Waals surface area contributed by atoms with E-state index in [-0.39, 0.29) is 17.3 Å². The van der Waals surface area contributed by atoms with E-state index in [2.05, 4.69) is 4.98 Å². The zero-order valence-corrected chi connectivity index (χ0v) is 9.26. The van der Waals surface area contributed by atoms with E-state index in [4.69, 9.17) is 5.11 Å². The fourth-order valence-corrected chi connectivity index (χ4v) is 3.27.